The first-order valence-electron chi connectivity index (χ1n) is 6.94. The van der Waals surface area contributed by atoms with Crippen molar-refractivity contribution in [3.05, 3.63) is 12.4 Å². The second-order valence-electron chi connectivity index (χ2n) is 5.07. The van der Waals surface area contributed by atoms with Crippen LogP contribution in [-0.2, 0) is 21.4 Å². The maximum Gasteiger partial charge on any atom is 0.325 e. The Bertz CT molecular complexity index is 578. The summed E-state index contributed by atoms with van der Waals surface area (Å²) in [5.74, 6) is -1.07. The fourth-order valence-electron chi connectivity index (χ4n) is 2.31. The van der Waals surface area contributed by atoms with Gasteiger partial charge in [0.15, 0.2) is 0 Å². The second kappa shape index (κ2) is 7.01. The van der Waals surface area contributed by atoms with E-state index in [0.29, 0.717) is 6.54 Å². The number of carboxylic acids is 1. The predicted octanol–water partition coefficient (Wildman–Crippen LogP) is -0.268. The van der Waals surface area contributed by atoms with Gasteiger partial charge in [-0.2, -0.15) is 5.10 Å². The Kier molecular flexibility index (Phi) is 5.32. The molecule has 8 nitrogen and oxygen atoms in total. The molecule has 2 N–H and O–H groups in total. The first kappa shape index (κ1) is 15.9. The number of hydrogen-bond acceptors (Lipinski definition) is 5. The molecule has 0 aliphatic carbocycles. The molecule has 1 aliphatic heterocycles. The van der Waals surface area contributed by atoms with Gasteiger partial charge in [0.25, 0.3) is 0 Å². The van der Waals surface area contributed by atoms with Crippen LogP contribution in [0.25, 0.3) is 0 Å². The highest BCUT2D eigenvalue weighted by Crippen LogP contribution is 2.09. The molecule has 1 saturated heterocycles. The summed E-state index contributed by atoms with van der Waals surface area (Å²) in [6.07, 6.45) is 5.56. The molecule has 1 fully saturated rings. The maximum absolute atomic E-state index is 12.0. The zero-order valence-corrected chi connectivity index (χ0v) is 12.5. The lowest BCUT2D eigenvalue weighted by Crippen LogP contribution is -2.28. The number of hydrogen-bond donors (Lipinski definition) is 2. The summed E-state index contributed by atoms with van der Waals surface area (Å²) < 4.78 is 27.6. The zero-order chi connectivity index (χ0) is 15.3. The van der Waals surface area contributed by atoms with Gasteiger partial charge < -0.3 is 10.0 Å². The largest absolute Gasteiger partial charge is 0.480 e. The molecule has 0 bridgehead atoms. The van der Waals surface area contributed by atoms with Gasteiger partial charge in [0.1, 0.15) is 11.4 Å². The van der Waals surface area contributed by atoms with Crippen LogP contribution in [-0.4, -0.2) is 60.4 Å². The molecule has 0 aromatic carbocycles. The summed E-state index contributed by atoms with van der Waals surface area (Å²) in [5, 5.41) is 12.3. The maximum atomic E-state index is 12.0. The number of nitrogens with one attached hydrogen (secondary N) is 1. The summed E-state index contributed by atoms with van der Waals surface area (Å²) >= 11 is 0. The number of sulfonamides is 1. The van der Waals surface area contributed by atoms with Crippen LogP contribution in [0.4, 0.5) is 0 Å². The Hall–Kier alpha value is -1.45. The summed E-state index contributed by atoms with van der Waals surface area (Å²) in [4.78, 5) is 12.8. The van der Waals surface area contributed by atoms with E-state index in [1.54, 1.807) is 0 Å². The minimum absolute atomic E-state index is 0.00933. The highest BCUT2D eigenvalue weighted by Gasteiger charge is 2.17. The van der Waals surface area contributed by atoms with E-state index in [-0.39, 0.29) is 11.4 Å². The van der Waals surface area contributed by atoms with Crippen LogP contribution in [0.2, 0.25) is 0 Å². The molecule has 0 spiro atoms. The van der Waals surface area contributed by atoms with Crippen LogP contribution in [0, 0.1) is 0 Å². The second-order valence-corrected chi connectivity index (χ2v) is 6.83. The normalized spacial score (nSPS) is 16.4. The highest BCUT2D eigenvalue weighted by atomic mass is 32.2. The molecule has 0 amide bonds. The molecule has 2 heterocycles. The summed E-state index contributed by atoms with van der Waals surface area (Å²) in [7, 11) is -3.62. The van der Waals surface area contributed by atoms with Crippen LogP contribution in [0.15, 0.2) is 17.3 Å². The number of likely N-dealkylation sites (tertiary alicyclic amines) is 1. The van der Waals surface area contributed by atoms with Crippen LogP contribution in [0.3, 0.4) is 0 Å². The van der Waals surface area contributed by atoms with Crippen molar-refractivity contribution >= 4 is 16.0 Å². The van der Waals surface area contributed by atoms with E-state index in [0.717, 1.165) is 36.9 Å². The molecule has 0 radical (unpaired) electrons. The van der Waals surface area contributed by atoms with Crippen LogP contribution in [0.5, 0.6) is 0 Å². The van der Waals surface area contributed by atoms with Gasteiger partial charge in [0.05, 0.1) is 6.20 Å². The van der Waals surface area contributed by atoms with Crippen molar-refractivity contribution < 1.29 is 18.3 Å². The van der Waals surface area contributed by atoms with Gasteiger partial charge in [-0.25, -0.2) is 13.1 Å². The van der Waals surface area contributed by atoms with E-state index < -0.39 is 16.0 Å². The van der Waals surface area contributed by atoms with Gasteiger partial charge >= 0.3 is 5.97 Å². The van der Waals surface area contributed by atoms with Gasteiger partial charge in [0, 0.05) is 12.7 Å². The molecular weight excluding hydrogens is 296 g/mol. The van der Waals surface area contributed by atoms with E-state index in [9.17, 15) is 13.2 Å². The molecule has 2 rings (SSSR count). The standard InChI is InChI=1S/C12H20N4O4S/c17-12(18)10-16-9-11(8-13-16)21(19,20)14-4-3-7-15-5-1-2-6-15/h8-9,14H,1-7,10H2,(H,17,18). The monoisotopic (exact) mass is 316 g/mol. The molecule has 1 aromatic rings. The zero-order valence-electron chi connectivity index (χ0n) is 11.7. The lowest BCUT2D eigenvalue weighted by Gasteiger charge is -2.14. The quantitative estimate of drug-likeness (QED) is 0.640. The average Bonchev–Trinajstić information content (AvgIpc) is 3.05. The van der Waals surface area contributed by atoms with Crippen molar-refractivity contribution in [2.45, 2.75) is 30.7 Å². The fraction of sp³-hybridized carbons (Fsp3) is 0.667. The number of carboxylic acid groups (broad SMARTS) is 1. The Labute approximate surface area is 123 Å². The summed E-state index contributed by atoms with van der Waals surface area (Å²) in [6.45, 7) is 3.08. The first-order chi connectivity index (χ1) is 9.97. The molecule has 0 saturated carbocycles. The molecule has 118 valence electrons. The van der Waals surface area contributed by atoms with Crippen molar-refractivity contribution in [3.63, 3.8) is 0 Å². The van der Waals surface area contributed by atoms with Crippen LogP contribution < -0.4 is 4.72 Å². The molecule has 0 atom stereocenters. The summed E-state index contributed by atoms with van der Waals surface area (Å²) in [5.41, 5.74) is 0. The van der Waals surface area contributed by atoms with Gasteiger partial charge in [-0.05, 0) is 38.9 Å². The van der Waals surface area contributed by atoms with E-state index >= 15 is 0 Å². The third kappa shape index (κ3) is 4.80. The lowest BCUT2D eigenvalue weighted by atomic mass is 10.4. The third-order valence-electron chi connectivity index (χ3n) is 3.36. The smallest absolute Gasteiger partial charge is 0.325 e. The van der Waals surface area contributed by atoms with Gasteiger partial charge in [-0.1, -0.05) is 0 Å². The van der Waals surface area contributed by atoms with Gasteiger partial charge in [0.2, 0.25) is 10.0 Å². The van der Waals surface area contributed by atoms with Crippen molar-refractivity contribution in [2.75, 3.05) is 26.2 Å². The minimum atomic E-state index is -3.62. The summed E-state index contributed by atoms with van der Waals surface area (Å²) in [6, 6.07) is 0. The Balaban J connectivity index is 1.80. The van der Waals surface area contributed by atoms with Crippen molar-refractivity contribution in [2.24, 2.45) is 0 Å². The number of nitrogens with zero attached hydrogens (tertiary/aromatic N) is 3. The minimum Gasteiger partial charge on any atom is -0.480 e. The first-order valence-corrected chi connectivity index (χ1v) is 8.42. The van der Waals surface area contributed by atoms with E-state index in [4.69, 9.17) is 5.11 Å². The third-order valence-corrected chi connectivity index (χ3v) is 4.77. The van der Waals surface area contributed by atoms with E-state index in [1.165, 1.54) is 19.0 Å². The highest BCUT2D eigenvalue weighted by molar-refractivity contribution is 7.89. The van der Waals surface area contributed by atoms with Crippen LogP contribution in [0.1, 0.15) is 19.3 Å². The molecule has 1 aromatic heterocycles. The molecule has 0 unspecified atom stereocenters. The number of rotatable bonds is 8. The number of aliphatic carboxylic acids is 1. The van der Waals surface area contributed by atoms with Gasteiger partial charge in [-0.15, -0.1) is 0 Å². The Morgan fingerprint density at radius 2 is 2.10 bits per heavy atom. The van der Waals surface area contributed by atoms with E-state index in [1.807, 2.05) is 0 Å². The molecular formula is C12H20N4O4S. The van der Waals surface area contributed by atoms with Crippen LogP contribution >= 0.6 is 0 Å². The van der Waals surface area contributed by atoms with Crippen molar-refractivity contribution in [1.29, 1.82) is 0 Å². The molecule has 1 aliphatic rings. The SMILES string of the molecule is O=C(O)Cn1cc(S(=O)(=O)NCCCN2CCCC2)cn1. The van der Waals surface area contributed by atoms with E-state index in [2.05, 4.69) is 14.7 Å². The van der Waals surface area contributed by atoms with Crippen molar-refractivity contribution in [3.8, 4) is 0 Å². The Morgan fingerprint density at radius 3 is 2.76 bits per heavy atom. The average molecular weight is 316 g/mol. The van der Waals surface area contributed by atoms with Gasteiger partial charge in [-0.3, -0.25) is 9.48 Å². The number of aromatic nitrogens is 2. The Morgan fingerprint density at radius 1 is 1.38 bits per heavy atom. The predicted molar refractivity (Wildman–Crippen MR) is 75.3 cm³/mol. The lowest BCUT2D eigenvalue weighted by molar-refractivity contribution is -0.137. The number of carbonyl (C=O) groups is 1. The molecule has 9 heteroatoms. The molecule has 21 heavy (non-hydrogen) atoms. The fourth-order valence-corrected chi connectivity index (χ4v) is 3.33. The van der Waals surface area contributed by atoms with Crippen molar-refractivity contribution in [1.82, 2.24) is 19.4 Å². The topological polar surface area (TPSA) is 105 Å².